The molecule has 3 fully saturated rings. The van der Waals surface area contributed by atoms with Crippen molar-refractivity contribution in [2.24, 2.45) is 0 Å². The summed E-state index contributed by atoms with van der Waals surface area (Å²) in [5.74, 6) is -0.0280. The van der Waals surface area contributed by atoms with Crippen LogP contribution in [0.3, 0.4) is 0 Å². The van der Waals surface area contributed by atoms with Crippen LogP contribution in [-0.4, -0.2) is 60.3 Å². The van der Waals surface area contributed by atoms with Crippen LogP contribution in [0.5, 0.6) is 0 Å². The van der Waals surface area contributed by atoms with Gasteiger partial charge in [0, 0.05) is 31.4 Å². The van der Waals surface area contributed by atoms with Crippen molar-refractivity contribution in [2.75, 3.05) is 37.8 Å². The average Bonchev–Trinajstić information content (AvgIpc) is 3.59. The molecule has 3 saturated heterocycles. The van der Waals surface area contributed by atoms with Crippen molar-refractivity contribution in [1.82, 2.24) is 9.80 Å². The smallest absolute Gasteiger partial charge is 0.250 e. The van der Waals surface area contributed by atoms with Gasteiger partial charge in [-0.25, -0.2) is 4.39 Å². The van der Waals surface area contributed by atoms with Crippen molar-refractivity contribution >= 4 is 22.4 Å². The van der Waals surface area contributed by atoms with Crippen LogP contribution in [-0.2, 0) is 16.0 Å². The summed E-state index contributed by atoms with van der Waals surface area (Å²) >= 11 is 0. The van der Waals surface area contributed by atoms with Gasteiger partial charge in [0.1, 0.15) is 11.4 Å². The van der Waals surface area contributed by atoms with E-state index in [0.717, 1.165) is 51.1 Å². The zero-order valence-electron chi connectivity index (χ0n) is 19.8. The fourth-order valence-electron chi connectivity index (χ4n) is 6.67. The second-order valence-corrected chi connectivity index (χ2v) is 10.5. The first kappa shape index (κ1) is 21.3. The molecule has 1 aliphatic carbocycles. The highest BCUT2D eigenvalue weighted by atomic mass is 19.1. The number of benzene rings is 3. The number of carbonyl (C=O) groups excluding carboxylic acids is 1. The molecular weight excluding hydrogens is 441 g/mol. The molecule has 4 aliphatic rings. The number of ether oxygens (including phenoxy) is 1. The highest BCUT2D eigenvalue weighted by molar-refractivity contribution is 5.94. The second-order valence-electron chi connectivity index (χ2n) is 10.5. The van der Waals surface area contributed by atoms with E-state index in [0.29, 0.717) is 25.4 Å². The van der Waals surface area contributed by atoms with E-state index in [4.69, 9.17) is 4.74 Å². The molecule has 35 heavy (non-hydrogen) atoms. The minimum absolute atomic E-state index is 0.221. The Balaban J connectivity index is 1.15. The number of amides is 1. The van der Waals surface area contributed by atoms with Gasteiger partial charge in [-0.1, -0.05) is 36.4 Å². The highest BCUT2D eigenvalue weighted by Gasteiger charge is 2.54. The lowest BCUT2D eigenvalue weighted by Gasteiger charge is -2.45. The van der Waals surface area contributed by atoms with Gasteiger partial charge in [-0.15, -0.1) is 0 Å². The van der Waals surface area contributed by atoms with Gasteiger partial charge >= 0.3 is 0 Å². The number of hydrogen-bond donors (Lipinski definition) is 0. The van der Waals surface area contributed by atoms with Crippen molar-refractivity contribution in [3.8, 4) is 0 Å². The van der Waals surface area contributed by atoms with Crippen LogP contribution in [0, 0.1) is 5.82 Å². The summed E-state index contributed by atoms with van der Waals surface area (Å²) in [6, 6.07) is 20.3. The molecule has 1 amide bonds. The SMILES string of the molecule is O=C1N(CCC2CO2)CN(c2ccc(F)cc2)C12CCN(C1Cc3cccc4cccc1c34)CC2. The molecule has 3 aliphatic heterocycles. The summed E-state index contributed by atoms with van der Waals surface area (Å²) in [5, 5.41) is 2.73. The molecule has 5 nitrogen and oxygen atoms in total. The minimum atomic E-state index is -0.559. The monoisotopic (exact) mass is 471 g/mol. The summed E-state index contributed by atoms with van der Waals surface area (Å²) in [6.07, 6.45) is 3.78. The van der Waals surface area contributed by atoms with Gasteiger partial charge in [-0.2, -0.15) is 0 Å². The first-order valence-electron chi connectivity index (χ1n) is 12.8. The summed E-state index contributed by atoms with van der Waals surface area (Å²) in [5.41, 5.74) is 3.22. The van der Waals surface area contributed by atoms with Crippen LogP contribution < -0.4 is 4.90 Å². The first-order chi connectivity index (χ1) is 17.1. The summed E-state index contributed by atoms with van der Waals surface area (Å²) in [6.45, 7) is 3.83. The van der Waals surface area contributed by atoms with E-state index in [1.807, 2.05) is 17.0 Å². The molecule has 2 atom stereocenters. The van der Waals surface area contributed by atoms with E-state index in [9.17, 15) is 9.18 Å². The van der Waals surface area contributed by atoms with E-state index in [1.54, 1.807) is 0 Å². The molecule has 0 aromatic heterocycles. The lowest BCUT2D eigenvalue weighted by Crippen LogP contribution is -2.57. The van der Waals surface area contributed by atoms with Crippen molar-refractivity contribution < 1.29 is 13.9 Å². The van der Waals surface area contributed by atoms with E-state index >= 15 is 0 Å². The standard InChI is InChI=1S/C29H30FN3O2/c30-22-7-9-23(10-8-22)33-19-32(14-11-24-18-35-24)28(34)29(33)12-15-31(16-13-29)26-17-21-5-1-3-20-4-2-6-25(26)27(20)21/h1-10,24,26H,11-19H2. The van der Waals surface area contributed by atoms with E-state index in [1.165, 1.54) is 34.0 Å². The Morgan fingerprint density at radius 3 is 2.49 bits per heavy atom. The van der Waals surface area contributed by atoms with E-state index in [2.05, 4.69) is 46.2 Å². The lowest BCUT2D eigenvalue weighted by atomic mass is 9.84. The van der Waals surface area contributed by atoms with Crippen LogP contribution in [0.1, 0.15) is 36.4 Å². The third-order valence-corrected chi connectivity index (χ3v) is 8.64. The van der Waals surface area contributed by atoms with Gasteiger partial charge in [-0.3, -0.25) is 9.69 Å². The molecule has 180 valence electrons. The molecular formula is C29H30FN3O2. The summed E-state index contributed by atoms with van der Waals surface area (Å²) < 4.78 is 19.1. The normalized spacial score (nSPS) is 25.2. The molecule has 0 saturated carbocycles. The number of epoxide rings is 1. The van der Waals surface area contributed by atoms with Crippen LogP contribution in [0.25, 0.3) is 10.8 Å². The summed E-state index contributed by atoms with van der Waals surface area (Å²) in [7, 11) is 0. The van der Waals surface area contributed by atoms with E-state index in [-0.39, 0.29) is 11.7 Å². The maximum atomic E-state index is 13.9. The Labute approximate surface area is 205 Å². The van der Waals surface area contributed by atoms with Crippen LogP contribution in [0.4, 0.5) is 10.1 Å². The predicted octanol–water partition coefficient (Wildman–Crippen LogP) is 4.51. The number of hydrogen-bond acceptors (Lipinski definition) is 4. The molecule has 0 N–H and O–H groups in total. The number of likely N-dealkylation sites (tertiary alicyclic amines) is 1. The van der Waals surface area contributed by atoms with Gasteiger partial charge in [0.05, 0.1) is 19.4 Å². The number of piperidine rings is 1. The number of nitrogens with zero attached hydrogens (tertiary/aromatic N) is 3. The highest BCUT2D eigenvalue weighted by Crippen LogP contribution is 2.45. The van der Waals surface area contributed by atoms with Crippen LogP contribution in [0.15, 0.2) is 60.7 Å². The Bertz CT molecular complexity index is 1280. The van der Waals surface area contributed by atoms with E-state index < -0.39 is 5.54 Å². The van der Waals surface area contributed by atoms with Gasteiger partial charge in [0.2, 0.25) is 5.91 Å². The third kappa shape index (κ3) is 3.46. The zero-order chi connectivity index (χ0) is 23.6. The Morgan fingerprint density at radius 2 is 1.74 bits per heavy atom. The molecule has 3 aromatic rings. The van der Waals surface area contributed by atoms with Crippen molar-refractivity contribution in [3.05, 3.63) is 77.6 Å². The van der Waals surface area contributed by atoms with Gasteiger partial charge in [0.15, 0.2) is 0 Å². The van der Waals surface area contributed by atoms with Gasteiger partial charge in [-0.05, 0) is 71.8 Å². The van der Waals surface area contributed by atoms with Crippen LogP contribution >= 0.6 is 0 Å². The average molecular weight is 472 g/mol. The van der Waals surface area contributed by atoms with Crippen molar-refractivity contribution in [2.45, 2.75) is 43.4 Å². The van der Waals surface area contributed by atoms with Crippen molar-refractivity contribution in [1.29, 1.82) is 0 Å². The maximum absolute atomic E-state index is 13.9. The first-order valence-corrected chi connectivity index (χ1v) is 12.8. The Kier molecular flexibility index (Phi) is 4.90. The number of anilines is 1. The maximum Gasteiger partial charge on any atom is 0.250 e. The lowest BCUT2D eigenvalue weighted by molar-refractivity contribution is -0.133. The molecule has 3 heterocycles. The number of rotatable bonds is 5. The van der Waals surface area contributed by atoms with Crippen molar-refractivity contribution in [3.63, 3.8) is 0 Å². The second kappa shape index (κ2) is 8.04. The molecule has 7 rings (SSSR count). The Hall–Kier alpha value is -2.96. The fourth-order valence-corrected chi connectivity index (χ4v) is 6.67. The zero-order valence-corrected chi connectivity index (χ0v) is 19.8. The Morgan fingerprint density at radius 1 is 1.00 bits per heavy atom. The number of halogens is 1. The molecule has 0 radical (unpaired) electrons. The van der Waals surface area contributed by atoms with Gasteiger partial charge < -0.3 is 14.5 Å². The summed E-state index contributed by atoms with van der Waals surface area (Å²) in [4.78, 5) is 20.7. The van der Waals surface area contributed by atoms with Gasteiger partial charge in [0.25, 0.3) is 0 Å². The predicted molar refractivity (Wildman–Crippen MR) is 134 cm³/mol. The molecule has 3 aromatic carbocycles. The molecule has 1 spiro atoms. The minimum Gasteiger partial charge on any atom is -0.373 e. The molecule has 6 heteroatoms. The van der Waals surface area contributed by atoms with Crippen LogP contribution in [0.2, 0.25) is 0 Å². The third-order valence-electron chi connectivity index (χ3n) is 8.64. The number of carbonyl (C=O) groups is 1. The quantitative estimate of drug-likeness (QED) is 0.514. The largest absolute Gasteiger partial charge is 0.373 e. The fraction of sp³-hybridized carbons (Fsp3) is 0.414. The topological polar surface area (TPSA) is 39.3 Å². The molecule has 0 bridgehead atoms. The molecule has 2 unspecified atom stereocenters.